The van der Waals surface area contributed by atoms with Crippen LogP contribution < -0.4 is 4.74 Å². The van der Waals surface area contributed by atoms with Crippen LogP contribution in [-0.4, -0.2) is 24.2 Å². The molecule has 2 aromatic carbocycles. The van der Waals surface area contributed by atoms with Gasteiger partial charge in [0.25, 0.3) is 0 Å². The third-order valence-electron chi connectivity index (χ3n) is 4.78. The van der Waals surface area contributed by atoms with Crippen LogP contribution in [0.15, 0.2) is 59.7 Å². The molecular weight excluding hydrogens is 381 g/mol. The molecule has 0 aromatic heterocycles. The molecule has 1 amide bonds. The minimum atomic E-state index is -1.41. The minimum Gasteiger partial charge on any atom is -0.497 e. The van der Waals surface area contributed by atoms with Crippen LogP contribution in [0.5, 0.6) is 5.75 Å². The molecule has 7 heteroatoms. The van der Waals surface area contributed by atoms with Crippen molar-refractivity contribution in [2.45, 2.75) is 31.5 Å². The summed E-state index contributed by atoms with van der Waals surface area (Å²) in [6.07, 6.45) is 0.579. The number of carbonyl (C=O) groups excluding carboxylic acids is 1. The van der Waals surface area contributed by atoms with Crippen LogP contribution in [-0.2, 0) is 4.79 Å². The maximum Gasteiger partial charge on any atom is 0.243 e. The molecule has 0 aliphatic carbocycles. The van der Waals surface area contributed by atoms with Crippen molar-refractivity contribution in [1.82, 2.24) is 5.01 Å². The Morgan fingerprint density at radius 2 is 1.86 bits per heavy atom. The Morgan fingerprint density at radius 1 is 1.21 bits per heavy atom. The molecule has 0 saturated heterocycles. The standard InChI is InChI=1S/C22H21F3N2O2/c1-14(22(25)15-4-6-19(29-2)7-5-15)3-8-21(28)27-20(9-10-26-27)16-11-17(23)13-18(24)12-16/h4-7,10-13,20,22H,1,3,8-9H2,2H3. The fraction of sp³-hybridized carbons (Fsp3) is 0.273. The summed E-state index contributed by atoms with van der Waals surface area (Å²) in [6, 6.07) is 9.08. The van der Waals surface area contributed by atoms with Crippen molar-refractivity contribution in [2.75, 3.05) is 7.11 Å². The minimum absolute atomic E-state index is 0.0129. The van der Waals surface area contributed by atoms with Gasteiger partial charge in [0.15, 0.2) is 0 Å². The van der Waals surface area contributed by atoms with E-state index >= 15 is 0 Å². The van der Waals surface area contributed by atoms with E-state index in [2.05, 4.69) is 11.7 Å². The predicted molar refractivity (Wildman–Crippen MR) is 104 cm³/mol. The highest BCUT2D eigenvalue weighted by atomic mass is 19.1. The molecule has 0 saturated carbocycles. The zero-order chi connectivity index (χ0) is 21.0. The average Bonchev–Trinajstić information content (AvgIpc) is 3.20. The third kappa shape index (κ3) is 4.85. The van der Waals surface area contributed by atoms with Crippen LogP contribution in [0.25, 0.3) is 0 Å². The van der Waals surface area contributed by atoms with Gasteiger partial charge >= 0.3 is 0 Å². The molecule has 4 nitrogen and oxygen atoms in total. The highest BCUT2D eigenvalue weighted by Crippen LogP contribution is 2.32. The predicted octanol–water partition coefficient (Wildman–Crippen LogP) is 5.28. The van der Waals surface area contributed by atoms with Crippen molar-refractivity contribution >= 4 is 12.1 Å². The number of hydrogen-bond donors (Lipinski definition) is 0. The number of ether oxygens (including phenoxy) is 1. The maximum absolute atomic E-state index is 14.6. The van der Waals surface area contributed by atoms with Crippen LogP contribution in [0, 0.1) is 11.6 Å². The fourth-order valence-electron chi connectivity index (χ4n) is 3.22. The van der Waals surface area contributed by atoms with Crippen LogP contribution in [0.2, 0.25) is 0 Å². The summed E-state index contributed by atoms with van der Waals surface area (Å²) in [4.78, 5) is 12.6. The van der Waals surface area contributed by atoms with Crippen molar-refractivity contribution in [1.29, 1.82) is 0 Å². The van der Waals surface area contributed by atoms with E-state index in [1.807, 2.05) is 0 Å². The van der Waals surface area contributed by atoms with Gasteiger partial charge in [0.2, 0.25) is 5.91 Å². The van der Waals surface area contributed by atoms with Crippen molar-refractivity contribution in [3.63, 3.8) is 0 Å². The van der Waals surface area contributed by atoms with Crippen molar-refractivity contribution in [3.05, 3.63) is 77.4 Å². The van der Waals surface area contributed by atoms with Crippen LogP contribution in [0.4, 0.5) is 13.2 Å². The molecule has 1 heterocycles. The molecule has 0 bridgehead atoms. The van der Waals surface area contributed by atoms with E-state index < -0.39 is 23.8 Å². The Bertz CT molecular complexity index is 908. The Kier molecular flexibility index (Phi) is 6.36. The zero-order valence-corrected chi connectivity index (χ0v) is 15.9. The normalized spacial score (nSPS) is 16.7. The van der Waals surface area contributed by atoms with E-state index in [9.17, 15) is 18.0 Å². The molecule has 1 aliphatic heterocycles. The van der Waals surface area contributed by atoms with Gasteiger partial charge in [0, 0.05) is 25.1 Å². The number of rotatable bonds is 7. The zero-order valence-electron chi connectivity index (χ0n) is 15.9. The van der Waals surface area contributed by atoms with Crippen molar-refractivity contribution in [2.24, 2.45) is 5.10 Å². The van der Waals surface area contributed by atoms with Gasteiger partial charge in [-0.3, -0.25) is 4.79 Å². The lowest BCUT2D eigenvalue weighted by Crippen LogP contribution is -2.27. The monoisotopic (exact) mass is 402 g/mol. The van der Waals surface area contributed by atoms with Gasteiger partial charge in [-0.2, -0.15) is 5.10 Å². The Balaban J connectivity index is 1.61. The summed E-state index contributed by atoms with van der Waals surface area (Å²) in [5, 5.41) is 5.23. The average molecular weight is 402 g/mol. The third-order valence-corrected chi connectivity index (χ3v) is 4.78. The summed E-state index contributed by atoms with van der Waals surface area (Å²) in [5.74, 6) is -1.18. The van der Waals surface area contributed by atoms with Gasteiger partial charge in [0.05, 0.1) is 13.2 Å². The summed E-state index contributed by atoms with van der Waals surface area (Å²) >= 11 is 0. The molecule has 0 fully saturated rings. The van der Waals surface area contributed by atoms with Gasteiger partial charge in [0.1, 0.15) is 23.6 Å². The first-order chi connectivity index (χ1) is 13.9. The number of nitrogens with zero attached hydrogens (tertiary/aromatic N) is 2. The molecule has 3 rings (SSSR count). The summed E-state index contributed by atoms with van der Waals surface area (Å²) < 4.78 is 46.7. The number of carbonyl (C=O) groups is 1. The van der Waals surface area contributed by atoms with Gasteiger partial charge in [-0.1, -0.05) is 18.7 Å². The van der Waals surface area contributed by atoms with Crippen LogP contribution in [0.1, 0.15) is 42.6 Å². The number of benzene rings is 2. The Hall–Kier alpha value is -3.09. The summed E-state index contributed by atoms with van der Waals surface area (Å²) in [7, 11) is 1.53. The van der Waals surface area contributed by atoms with Crippen LogP contribution in [0.3, 0.4) is 0 Å². The first kappa shape index (κ1) is 20.6. The summed E-state index contributed by atoms with van der Waals surface area (Å²) in [6.45, 7) is 3.76. The highest BCUT2D eigenvalue weighted by molar-refractivity contribution is 5.80. The summed E-state index contributed by atoms with van der Waals surface area (Å²) in [5.41, 5.74) is 1.02. The fourth-order valence-corrected chi connectivity index (χ4v) is 3.22. The van der Waals surface area contributed by atoms with E-state index in [1.54, 1.807) is 24.3 Å². The molecule has 0 N–H and O–H groups in total. The smallest absolute Gasteiger partial charge is 0.243 e. The van der Waals surface area contributed by atoms with E-state index in [1.165, 1.54) is 30.5 Å². The lowest BCUT2D eigenvalue weighted by molar-refractivity contribution is -0.133. The maximum atomic E-state index is 14.6. The molecule has 2 unspecified atom stereocenters. The number of amides is 1. The SMILES string of the molecule is C=C(CCC(=O)N1N=CCC1c1cc(F)cc(F)c1)C(F)c1ccc(OC)cc1. The molecule has 152 valence electrons. The second-order valence-corrected chi connectivity index (χ2v) is 6.78. The van der Waals surface area contributed by atoms with Crippen LogP contribution >= 0.6 is 0 Å². The first-order valence-corrected chi connectivity index (χ1v) is 9.15. The number of methoxy groups -OCH3 is 1. The Morgan fingerprint density at radius 3 is 2.48 bits per heavy atom. The number of halogens is 3. The molecule has 2 aromatic rings. The van der Waals surface area contributed by atoms with Gasteiger partial charge in [-0.25, -0.2) is 18.2 Å². The second-order valence-electron chi connectivity index (χ2n) is 6.78. The van der Waals surface area contributed by atoms with Gasteiger partial charge < -0.3 is 4.74 Å². The Labute approximate surface area is 167 Å². The number of allylic oxidation sites excluding steroid dienone is 1. The molecule has 0 spiro atoms. The van der Waals surface area contributed by atoms with Crippen molar-refractivity contribution < 1.29 is 22.7 Å². The number of hydrazone groups is 1. The van der Waals surface area contributed by atoms with Gasteiger partial charge in [-0.05, 0) is 47.4 Å². The lowest BCUT2D eigenvalue weighted by Gasteiger charge is -2.23. The molecule has 1 aliphatic rings. The van der Waals surface area contributed by atoms with E-state index in [-0.39, 0.29) is 24.3 Å². The van der Waals surface area contributed by atoms with Crippen molar-refractivity contribution in [3.8, 4) is 5.75 Å². The largest absolute Gasteiger partial charge is 0.497 e. The number of hydrogen-bond acceptors (Lipinski definition) is 3. The van der Waals surface area contributed by atoms with E-state index in [0.717, 1.165) is 6.07 Å². The lowest BCUT2D eigenvalue weighted by atomic mass is 9.99. The topological polar surface area (TPSA) is 41.9 Å². The van der Waals surface area contributed by atoms with E-state index in [0.29, 0.717) is 23.3 Å². The first-order valence-electron chi connectivity index (χ1n) is 9.15. The second kappa shape index (κ2) is 8.94. The molecular formula is C22H21F3N2O2. The van der Waals surface area contributed by atoms with E-state index in [4.69, 9.17) is 4.74 Å². The highest BCUT2D eigenvalue weighted by Gasteiger charge is 2.29. The molecule has 2 atom stereocenters. The number of alkyl halides is 1. The molecule has 29 heavy (non-hydrogen) atoms. The van der Waals surface area contributed by atoms with Gasteiger partial charge in [-0.15, -0.1) is 0 Å². The quantitative estimate of drug-likeness (QED) is 0.592. The molecule has 0 radical (unpaired) electrons.